The molecule has 9 heteroatoms. The van der Waals surface area contributed by atoms with Crippen LogP contribution >= 0.6 is 0 Å². The van der Waals surface area contributed by atoms with E-state index in [-0.39, 0.29) is 0 Å². The molecule has 0 aliphatic rings. The van der Waals surface area contributed by atoms with Gasteiger partial charge in [0.15, 0.2) is 11.8 Å². The molecule has 0 atom stereocenters. The highest BCUT2D eigenvalue weighted by atomic mass is 16.5. The average molecular weight is 396 g/mol. The van der Waals surface area contributed by atoms with Gasteiger partial charge in [-0.25, -0.2) is 0 Å². The molecule has 0 aliphatic heterocycles. The summed E-state index contributed by atoms with van der Waals surface area (Å²) in [5.41, 5.74) is 0.661. The maximum absolute atomic E-state index is 5.68. The molecule has 152 valence electrons. The minimum atomic E-state index is 0.416. The lowest BCUT2D eigenvalue weighted by molar-refractivity contribution is 0.321. The summed E-state index contributed by atoms with van der Waals surface area (Å²) in [5.74, 6) is 3.29. The van der Waals surface area contributed by atoms with Crippen LogP contribution in [0.3, 0.4) is 0 Å². The zero-order valence-corrected chi connectivity index (χ0v) is 16.5. The summed E-state index contributed by atoms with van der Waals surface area (Å²) < 4.78 is 16.1. The number of benzene rings is 1. The largest absolute Gasteiger partial charge is 0.497 e. The van der Waals surface area contributed by atoms with Crippen molar-refractivity contribution in [2.45, 2.75) is 6.42 Å². The first-order valence-electron chi connectivity index (χ1n) is 9.24. The molecule has 2 heterocycles. The first kappa shape index (κ1) is 20.1. The van der Waals surface area contributed by atoms with Gasteiger partial charge in [-0.3, -0.25) is 9.98 Å². The minimum Gasteiger partial charge on any atom is -0.497 e. The summed E-state index contributed by atoms with van der Waals surface area (Å²) in [4.78, 5) is 12.7. The molecule has 0 saturated carbocycles. The van der Waals surface area contributed by atoms with Crippen molar-refractivity contribution in [3.8, 4) is 23.1 Å². The summed E-state index contributed by atoms with van der Waals surface area (Å²) in [5, 5.41) is 10.4. The number of rotatable bonds is 9. The maximum Gasteiger partial charge on any atom is 0.276 e. The van der Waals surface area contributed by atoms with Gasteiger partial charge in [0.05, 0.1) is 13.7 Å². The van der Waals surface area contributed by atoms with Gasteiger partial charge in [-0.2, -0.15) is 4.98 Å². The molecule has 0 unspecified atom stereocenters. The number of pyridine rings is 1. The molecule has 3 aromatic rings. The van der Waals surface area contributed by atoms with E-state index < -0.39 is 0 Å². The Morgan fingerprint density at radius 3 is 2.59 bits per heavy atom. The predicted octanol–water partition coefficient (Wildman–Crippen LogP) is 1.93. The molecule has 0 amide bonds. The lowest BCUT2D eigenvalue weighted by Crippen LogP contribution is -2.40. The number of hydrogen-bond acceptors (Lipinski definition) is 7. The first-order chi connectivity index (χ1) is 14.3. The predicted molar refractivity (Wildman–Crippen MR) is 109 cm³/mol. The van der Waals surface area contributed by atoms with Crippen molar-refractivity contribution in [2.24, 2.45) is 4.99 Å². The Morgan fingerprint density at radius 2 is 1.86 bits per heavy atom. The van der Waals surface area contributed by atoms with Crippen LogP contribution in [0.2, 0.25) is 0 Å². The van der Waals surface area contributed by atoms with E-state index >= 15 is 0 Å². The Labute approximate surface area is 169 Å². The Bertz CT molecular complexity index is 896. The molecule has 0 aliphatic carbocycles. The molecule has 0 spiro atoms. The van der Waals surface area contributed by atoms with Crippen LogP contribution in [-0.4, -0.2) is 54.9 Å². The van der Waals surface area contributed by atoms with Crippen LogP contribution in [0, 0.1) is 0 Å². The zero-order chi connectivity index (χ0) is 20.3. The van der Waals surface area contributed by atoms with Gasteiger partial charge in [-0.1, -0.05) is 11.2 Å². The van der Waals surface area contributed by atoms with E-state index in [2.05, 4.69) is 30.8 Å². The van der Waals surface area contributed by atoms with Crippen LogP contribution in [0.5, 0.6) is 11.5 Å². The zero-order valence-electron chi connectivity index (χ0n) is 16.5. The topological polar surface area (TPSA) is 107 Å². The number of aliphatic imine (C=N–C) groups is 1. The fourth-order valence-electron chi connectivity index (χ4n) is 2.47. The molecule has 2 N–H and O–H groups in total. The van der Waals surface area contributed by atoms with Crippen LogP contribution in [0.4, 0.5) is 0 Å². The molecule has 1 aromatic carbocycles. The van der Waals surface area contributed by atoms with E-state index in [0.717, 1.165) is 11.5 Å². The van der Waals surface area contributed by atoms with Gasteiger partial charge in [0.2, 0.25) is 0 Å². The van der Waals surface area contributed by atoms with E-state index in [1.807, 2.05) is 42.5 Å². The maximum atomic E-state index is 5.68. The number of aromatic nitrogens is 3. The lowest BCUT2D eigenvalue weighted by atomic mass is 10.3. The Balaban J connectivity index is 1.35. The fraction of sp³-hybridized carbons (Fsp3) is 0.300. The summed E-state index contributed by atoms with van der Waals surface area (Å²) >= 11 is 0. The third-order valence-corrected chi connectivity index (χ3v) is 3.94. The minimum absolute atomic E-state index is 0.416. The van der Waals surface area contributed by atoms with Crippen LogP contribution < -0.4 is 20.1 Å². The van der Waals surface area contributed by atoms with Gasteiger partial charge in [0.1, 0.15) is 23.8 Å². The normalized spacial score (nSPS) is 11.2. The fourth-order valence-corrected chi connectivity index (χ4v) is 2.47. The smallest absolute Gasteiger partial charge is 0.276 e. The summed E-state index contributed by atoms with van der Waals surface area (Å²) in [6.45, 7) is 1.73. The second-order valence-electron chi connectivity index (χ2n) is 5.93. The summed E-state index contributed by atoms with van der Waals surface area (Å²) in [6, 6.07) is 13.0. The van der Waals surface area contributed by atoms with Crippen LogP contribution in [0.1, 0.15) is 5.82 Å². The molecule has 0 fully saturated rings. The monoisotopic (exact) mass is 396 g/mol. The van der Waals surface area contributed by atoms with Gasteiger partial charge < -0.3 is 24.6 Å². The molecule has 3 rings (SSSR count). The second kappa shape index (κ2) is 10.6. The molecular formula is C20H24N6O3. The van der Waals surface area contributed by atoms with Crippen molar-refractivity contribution in [1.82, 2.24) is 25.8 Å². The van der Waals surface area contributed by atoms with Gasteiger partial charge in [0, 0.05) is 26.2 Å². The van der Waals surface area contributed by atoms with E-state index in [9.17, 15) is 0 Å². The number of methoxy groups -OCH3 is 1. The van der Waals surface area contributed by atoms with E-state index in [4.69, 9.17) is 14.0 Å². The van der Waals surface area contributed by atoms with Crippen molar-refractivity contribution >= 4 is 5.96 Å². The van der Waals surface area contributed by atoms with Gasteiger partial charge in [0.25, 0.3) is 5.89 Å². The quantitative estimate of drug-likeness (QED) is 0.321. The standard InChI is InChI=1S/C20H24N6O3/c1-21-20(24-13-14-28-16-8-6-15(27-2)7-9-16)23-12-10-18-25-19(29-26-18)17-5-3-4-11-22-17/h3-9,11H,10,12-14H2,1-2H3,(H2,21,23,24). The van der Waals surface area contributed by atoms with Crippen LogP contribution in [-0.2, 0) is 6.42 Å². The third-order valence-electron chi connectivity index (χ3n) is 3.94. The van der Waals surface area contributed by atoms with Crippen molar-refractivity contribution in [2.75, 3.05) is 33.9 Å². The Hall–Kier alpha value is -3.62. The molecule has 2 aromatic heterocycles. The number of guanidine groups is 1. The van der Waals surface area contributed by atoms with Gasteiger partial charge in [-0.05, 0) is 36.4 Å². The molecule has 9 nitrogen and oxygen atoms in total. The van der Waals surface area contributed by atoms with Crippen molar-refractivity contribution < 1.29 is 14.0 Å². The van der Waals surface area contributed by atoms with Gasteiger partial charge in [-0.15, -0.1) is 0 Å². The van der Waals surface area contributed by atoms with Crippen molar-refractivity contribution in [1.29, 1.82) is 0 Å². The van der Waals surface area contributed by atoms with Crippen LogP contribution in [0.15, 0.2) is 58.2 Å². The SMILES string of the molecule is CN=C(NCCOc1ccc(OC)cc1)NCCc1noc(-c2ccccn2)n1. The highest BCUT2D eigenvalue weighted by Gasteiger charge is 2.09. The number of nitrogens with zero attached hydrogens (tertiary/aromatic N) is 4. The molecule has 0 radical (unpaired) electrons. The van der Waals surface area contributed by atoms with Crippen molar-refractivity contribution in [3.05, 3.63) is 54.5 Å². The van der Waals surface area contributed by atoms with Crippen LogP contribution in [0.25, 0.3) is 11.6 Å². The molecule has 29 heavy (non-hydrogen) atoms. The van der Waals surface area contributed by atoms with E-state index in [1.54, 1.807) is 20.4 Å². The van der Waals surface area contributed by atoms with E-state index in [1.165, 1.54) is 0 Å². The second-order valence-corrected chi connectivity index (χ2v) is 5.93. The number of nitrogens with one attached hydrogen (secondary N) is 2. The Morgan fingerprint density at radius 1 is 1.07 bits per heavy atom. The number of ether oxygens (including phenoxy) is 2. The third kappa shape index (κ3) is 6.20. The lowest BCUT2D eigenvalue weighted by Gasteiger charge is -2.12. The molecular weight excluding hydrogens is 372 g/mol. The number of hydrogen-bond donors (Lipinski definition) is 2. The van der Waals surface area contributed by atoms with Gasteiger partial charge >= 0.3 is 0 Å². The highest BCUT2D eigenvalue weighted by Crippen LogP contribution is 2.16. The molecule has 0 saturated heterocycles. The average Bonchev–Trinajstić information content (AvgIpc) is 3.25. The van der Waals surface area contributed by atoms with E-state index in [0.29, 0.717) is 49.5 Å². The Kier molecular flexibility index (Phi) is 7.39. The first-order valence-corrected chi connectivity index (χ1v) is 9.24. The molecule has 0 bridgehead atoms. The van der Waals surface area contributed by atoms with Crippen molar-refractivity contribution in [3.63, 3.8) is 0 Å². The highest BCUT2D eigenvalue weighted by molar-refractivity contribution is 5.79. The summed E-state index contributed by atoms with van der Waals surface area (Å²) in [6.07, 6.45) is 2.29. The summed E-state index contributed by atoms with van der Waals surface area (Å²) in [7, 11) is 3.35.